The van der Waals surface area contributed by atoms with Crippen LogP contribution in [0.5, 0.6) is 0 Å². The van der Waals surface area contributed by atoms with Crippen molar-refractivity contribution in [1.29, 1.82) is 0 Å². The Labute approximate surface area is 72.3 Å². The van der Waals surface area contributed by atoms with E-state index in [-0.39, 0.29) is 12.0 Å². The van der Waals surface area contributed by atoms with Crippen LogP contribution in [0.3, 0.4) is 0 Å². The minimum Gasteiger partial charge on any atom is -0.396 e. The number of hydrogen-bond donors (Lipinski definition) is 1. The molecule has 3 heteroatoms. The Morgan fingerprint density at radius 2 is 1.90 bits per heavy atom. The van der Waals surface area contributed by atoms with E-state index in [1.54, 1.807) is 0 Å². The number of rotatable bonds is 6. The highest BCUT2D eigenvalue weighted by Gasteiger charge is 2.00. The molecule has 10 heavy (non-hydrogen) atoms. The Balaban J connectivity index is 2.89. The van der Waals surface area contributed by atoms with E-state index in [4.69, 9.17) is 28.3 Å². The van der Waals surface area contributed by atoms with Gasteiger partial charge >= 0.3 is 0 Å². The Bertz CT molecular complexity index is 68.6. The van der Waals surface area contributed by atoms with Crippen LogP contribution in [0.4, 0.5) is 0 Å². The van der Waals surface area contributed by atoms with Crippen molar-refractivity contribution < 1.29 is 5.11 Å². The first-order chi connectivity index (χ1) is 4.81. The van der Waals surface area contributed by atoms with Crippen molar-refractivity contribution in [3.05, 3.63) is 0 Å². The average Bonchev–Trinajstić information content (AvgIpc) is 1.98. The molecule has 1 unspecified atom stereocenters. The van der Waals surface area contributed by atoms with E-state index in [0.29, 0.717) is 5.88 Å². The molecule has 0 bridgehead atoms. The fourth-order valence-corrected chi connectivity index (χ4v) is 1.04. The Hall–Kier alpha value is 0.540. The van der Waals surface area contributed by atoms with Crippen molar-refractivity contribution in [1.82, 2.24) is 0 Å². The lowest BCUT2D eigenvalue weighted by molar-refractivity contribution is 0.282. The fourth-order valence-electron chi connectivity index (χ4n) is 0.732. The summed E-state index contributed by atoms with van der Waals surface area (Å²) in [6, 6.07) is 0. The lowest BCUT2D eigenvalue weighted by atomic mass is 10.2. The number of aliphatic hydroxyl groups is 1. The molecule has 0 aromatic carbocycles. The van der Waals surface area contributed by atoms with E-state index in [9.17, 15) is 0 Å². The zero-order valence-electron chi connectivity index (χ0n) is 6.02. The smallest absolute Gasteiger partial charge is 0.0471 e. The van der Waals surface area contributed by atoms with E-state index in [0.717, 1.165) is 25.7 Å². The predicted octanol–water partition coefficient (Wildman–Crippen LogP) is 2.39. The van der Waals surface area contributed by atoms with Gasteiger partial charge in [0.2, 0.25) is 0 Å². The van der Waals surface area contributed by atoms with Gasteiger partial charge in [0, 0.05) is 17.9 Å². The minimum absolute atomic E-state index is 0.111. The molecule has 0 saturated carbocycles. The zero-order valence-corrected chi connectivity index (χ0v) is 7.53. The lowest BCUT2D eigenvalue weighted by Gasteiger charge is -2.02. The van der Waals surface area contributed by atoms with Crippen LogP contribution in [-0.2, 0) is 0 Å². The second-order valence-corrected chi connectivity index (χ2v) is 3.25. The van der Waals surface area contributed by atoms with Gasteiger partial charge < -0.3 is 5.11 Å². The summed E-state index contributed by atoms with van der Waals surface area (Å²) in [6.45, 7) is 0.286. The quantitative estimate of drug-likeness (QED) is 0.497. The van der Waals surface area contributed by atoms with E-state index >= 15 is 0 Å². The first kappa shape index (κ1) is 10.5. The number of aliphatic hydroxyl groups excluding tert-OH is 1. The van der Waals surface area contributed by atoms with E-state index in [1.165, 1.54) is 0 Å². The highest BCUT2D eigenvalue weighted by Crippen LogP contribution is 2.09. The van der Waals surface area contributed by atoms with Crippen molar-refractivity contribution in [2.75, 3.05) is 12.5 Å². The molecule has 1 nitrogen and oxygen atoms in total. The second-order valence-electron chi connectivity index (χ2n) is 2.32. The molecule has 0 rings (SSSR count). The van der Waals surface area contributed by atoms with Crippen molar-refractivity contribution in [3.63, 3.8) is 0 Å². The summed E-state index contributed by atoms with van der Waals surface area (Å²) < 4.78 is 0. The SMILES string of the molecule is OCCCCCC(Cl)CCl. The monoisotopic (exact) mass is 184 g/mol. The van der Waals surface area contributed by atoms with Crippen LogP contribution in [0.25, 0.3) is 0 Å². The highest BCUT2D eigenvalue weighted by molar-refractivity contribution is 6.28. The van der Waals surface area contributed by atoms with E-state index in [2.05, 4.69) is 0 Å². The normalized spacial score (nSPS) is 13.5. The standard InChI is InChI=1S/C7H14Cl2O/c8-6-7(9)4-2-1-3-5-10/h7,10H,1-6H2. The van der Waals surface area contributed by atoms with Gasteiger partial charge in [0.1, 0.15) is 0 Å². The molecule has 0 spiro atoms. The number of unbranched alkanes of at least 4 members (excludes halogenated alkanes) is 2. The molecule has 0 aliphatic heterocycles. The van der Waals surface area contributed by atoms with Crippen LogP contribution in [-0.4, -0.2) is 23.0 Å². The maximum Gasteiger partial charge on any atom is 0.0471 e. The van der Waals surface area contributed by atoms with Gasteiger partial charge in [-0.3, -0.25) is 0 Å². The van der Waals surface area contributed by atoms with Gasteiger partial charge in [0.05, 0.1) is 0 Å². The first-order valence-electron chi connectivity index (χ1n) is 3.62. The molecule has 0 radical (unpaired) electrons. The topological polar surface area (TPSA) is 20.2 Å². The molecule has 0 aromatic rings. The molecule has 62 valence electrons. The number of halogens is 2. The molecule has 0 heterocycles. The van der Waals surface area contributed by atoms with Gasteiger partial charge in [-0.2, -0.15) is 0 Å². The van der Waals surface area contributed by atoms with Crippen LogP contribution >= 0.6 is 23.2 Å². The Kier molecular flexibility index (Phi) is 8.06. The molecule has 0 aliphatic rings. The van der Waals surface area contributed by atoms with Gasteiger partial charge in [-0.1, -0.05) is 12.8 Å². The maximum atomic E-state index is 8.43. The molecule has 1 atom stereocenters. The third kappa shape index (κ3) is 6.66. The highest BCUT2D eigenvalue weighted by atomic mass is 35.5. The number of alkyl halides is 2. The molecule has 0 aliphatic carbocycles. The number of hydrogen-bond acceptors (Lipinski definition) is 1. The van der Waals surface area contributed by atoms with Gasteiger partial charge in [-0.25, -0.2) is 0 Å². The van der Waals surface area contributed by atoms with Crippen LogP contribution < -0.4 is 0 Å². The van der Waals surface area contributed by atoms with Gasteiger partial charge in [-0.05, 0) is 12.8 Å². The Morgan fingerprint density at radius 1 is 1.20 bits per heavy atom. The molecule has 0 aromatic heterocycles. The molecule has 1 N–H and O–H groups in total. The summed E-state index contributed by atoms with van der Waals surface area (Å²) in [6.07, 6.45) is 3.97. The van der Waals surface area contributed by atoms with Crippen LogP contribution in [0.1, 0.15) is 25.7 Å². The molecule has 0 amide bonds. The molecule has 0 saturated heterocycles. The van der Waals surface area contributed by atoms with Crippen molar-refractivity contribution in [2.24, 2.45) is 0 Å². The first-order valence-corrected chi connectivity index (χ1v) is 4.59. The molecular weight excluding hydrogens is 171 g/mol. The van der Waals surface area contributed by atoms with E-state index < -0.39 is 0 Å². The van der Waals surface area contributed by atoms with Crippen LogP contribution in [0, 0.1) is 0 Å². The maximum absolute atomic E-state index is 8.43. The Morgan fingerprint density at radius 3 is 2.40 bits per heavy atom. The predicted molar refractivity (Wildman–Crippen MR) is 45.9 cm³/mol. The summed E-state index contributed by atoms with van der Waals surface area (Å²) in [5.74, 6) is 0.528. The largest absolute Gasteiger partial charge is 0.396 e. The van der Waals surface area contributed by atoms with Crippen molar-refractivity contribution in [2.45, 2.75) is 31.1 Å². The van der Waals surface area contributed by atoms with Crippen molar-refractivity contribution >= 4 is 23.2 Å². The summed E-state index contributed by atoms with van der Waals surface area (Å²) in [4.78, 5) is 0. The summed E-state index contributed by atoms with van der Waals surface area (Å²) in [5.41, 5.74) is 0. The summed E-state index contributed by atoms with van der Waals surface area (Å²) >= 11 is 11.2. The molecule has 0 fully saturated rings. The van der Waals surface area contributed by atoms with Gasteiger partial charge in [-0.15, -0.1) is 23.2 Å². The van der Waals surface area contributed by atoms with Crippen molar-refractivity contribution in [3.8, 4) is 0 Å². The lowest BCUT2D eigenvalue weighted by Crippen LogP contribution is -1.99. The zero-order chi connectivity index (χ0) is 7.82. The minimum atomic E-state index is 0.111. The summed E-state index contributed by atoms with van der Waals surface area (Å²) in [5, 5.41) is 8.54. The van der Waals surface area contributed by atoms with Gasteiger partial charge in [0.25, 0.3) is 0 Å². The van der Waals surface area contributed by atoms with Crippen LogP contribution in [0.15, 0.2) is 0 Å². The third-order valence-corrected chi connectivity index (χ3v) is 2.25. The van der Waals surface area contributed by atoms with Crippen LogP contribution in [0.2, 0.25) is 0 Å². The second kappa shape index (κ2) is 7.64. The van der Waals surface area contributed by atoms with E-state index in [1.807, 2.05) is 0 Å². The molecular formula is C7H14Cl2O. The van der Waals surface area contributed by atoms with Gasteiger partial charge in [0.15, 0.2) is 0 Å². The fraction of sp³-hybridized carbons (Fsp3) is 1.00. The third-order valence-electron chi connectivity index (χ3n) is 1.34. The average molecular weight is 185 g/mol. The summed E-state index contributed by atoms with van der Waals surface area (Å²) in [7, 11) is 0.